The maximum atomic E-state index is 12.7. The zero-order valence-electron chi connectivity index (χ0n) is 14.0. The third-order valence-electron chi connectivity index (χ3n) is 4.32. The molecule has 1 amide bonds. The first-order valence-electron chi connectivity index (χ1n) is 7.47. The van der Waals surface area contributed by atoms with Gasteiger partial charge in [-0.25, -0.2) is 4.79 Å². The Labute approximate surface area is 127 Å². The van der Waals surface area contributed by atoms with E-state index in [1.807, 2.05) is 25.7 Å². The Morgan fingerprint density at radius 3 is 2.57 bits per heavy atom. The second kappa shape index (κ2) is 5.41. The number of ether oxygens (including phenoxy) is 3. The van der Waals surface area contributed by atoms with Gasteiger partial charge in [-0.15, -0.1) is 0 Å². The lowest BCUT2D eigenvalue weighted by Crippen LogP contribution is -2.68. The van der Waals surface area contributed by atoms with Gasteiger partial charge in [0.15, 0.2) is 0 Å². The van der Waals surface area contributed by atoms with Crippen LogP contribution in [0.25, 0.3) is 0 Å². The van der Waals surface area contributed by atoms with Crippen molar-refractivity contribution >= 4 is 6.09 Å². The Kier molecular flexibility index (Phi) is 4.26. The summed E-state index contributed by atoms with van der Waals surface area (Å²) in [4.78, 5) is 14.6. The smallest absolute Gasteiger partial charge is 0.411 e. The molecule has 2 heterocycles. The first kappa shape index (κ1) is 16.5. The summed E-state index contributed by atoms with van der Waals surface area (Å²) in [5, 5.41) is 3.41. The van der Waals surface area contributed by atoms with Crippen LogP contribution in [0, 0.1) is 0 Å². The molecule has 0 spiro atoms. The van der Waals surface area contributed by atoms with Gasteiger partial charge in [-0.2, -0.15) is 0 Å². The van der Waals surface area contributed by atoms with E-state index in [4.69, 9.17) is 14.2 Å². The largest absolute Gasteiger partial charge is 0.444 e. The summed E-state index contributed by atoms with van der Waals surface area (Å²) >= 11 is 0. The first-order valence-corrected chi connectivity index (χ1v) is 7.47. The van der Waals surface area contributed by atoms with E-state index >= 15 is 0 Å². The Balaban J connectivity index is 2.25. The van der Waals surface area contributed by atoms with Gasteiger partial charge < -0.3 is 19.5 Å². The summed E-state index contributed by atoms with van der Waals surface area (Å²) in [6.45, 7) is 11.5. The molecular formula is C15H28N2O4. The van der Waals surface area contributed by atoms with Gasteiger partial charge in [0.05, 0.1) is 17.2 Å². The molecule has 0 unspecified atom stereocenters. The van der Waals surface area contributed by atoms with E-state index in [1.165, 1.54) is 0 Å². The lowest BCUT2D eigenvalue weighted by molar-refractivity contribution is -0.105. The minimum absolute atomic E-state index is 0.0648. The predicted molar refractivity (Wildman–Crippen MR) is 79.1 cm³/mol. The number of carbonyl (C=O) groups excluding carboxylic acids is 1. The molecule has 2 saturated heterocycles. The van der Waals surface area contributed by atoms with Crippen molar-refractivity contribution in [2.45, 2.75) is 63.8 Å². The number of hydrogen-bond donors (Lipinski definition) is 1. The second-order valence-corrected chi connectivity index (χ2v) is 7.54. The van der Waals surface area contributed by atoms with Crippen LogP contribution in [0.4, 0.5) is 4.79 Å². The average Bonchev–Trinajstić information content (AvgIpc) is 2.44. The van der Waals surface area contributed by atoms with Crippen molar-refractivity contribution in [2.75, 3.05) is 27.0 Å². The molecule has 2 aliphatic rings. The molecular weight excluding hydrogens is 272 g/mol. The van der Waals surface area contributed by atoms with Gasteiger partial charge in [-0.05, 0) is 34.6 Å². The van der Waals surface area contributed by atoms with Crippen LogP contribution in [0.5, 0.6) is 0 Å². The highest BCUT2D eigenvalue weighted by Crippen LogP contribution is 2.45. The van der Waals surface area contributed by atoms with Crippen LogP contribution < -0.4 is 5.32 Å². The molecule has 0 aromatic heterocycles. The fourth-order valence-corrected chi connectivity index (χ4v) is 3.53. The van der Waals surface area contributed by atoms with Crippen molar-refractivity contribution in [3.8, 4) is 0 Å². The Hall–Kier alpha value is -0.850. The second-order valence-electron chi connectivity index (χ2n) is 7.54. The minimum atomic E-state index is -0.503. The molecule has 0 aromatic rings. The highest BCUT2D eigenvalue weighted by Gasteiger charge is 2.62. The fourth-order valence-electron chi connectivity index (χ4n) is 3.53. The van der Waals surface area contributed by atoms with Gasteiger partial charge >= 0.3 is 6.09 Å². The van der Waals surface area contributed by atoms with E-state index in [1.54, 1.807) is 7.11 Å². The standard InChI is InChI=1S/C15H28N2O4/c1-13(2,3)21-12(18)17-14(4)7-11(20-10-19-6)15(17,5)9-16-8-14/h11,16H,7-10H2,1-6H3/t11-,14+,15-/m0/s1. The van der Waals surface area contributed by atoms with Crippen molar-refractivity contribution in [1.82, 2.24) is 10.2 Å². The topological polar surface area (TPSA) is 60.0 Å². The maximum absolute atomic E-state index is 12.7. The van der Waals surface area contributed by atoms with Gasteiger partial charge in [-0.3, -0.25) is 4.90 Å². The van der Waals surface area contributed by atoms with Crippen molar-refractivity contribution in [3.63, 3.8) is 0 Å². The third kappa shape index (κ3) is 3.03. The summed E-state index contributed by atoms with van der Waals surface area (Å²) in [6.07, 6.45) is 0.446. The Bertz CT molecular complexity index is 409. The molecule has 2 rings (SSSR count). The zero-order chi connectivity index (χ0) is 15.9. The minimum Gasteiger partial charge on any atom is -0.444 e. The van der Waals surface area contributed by atoms with Gasteiger partial charge in [0.25, 0.3) is 0 Å². The number of carbonyl (C=O) groups is 1. The molecule has 6 heteroatoms. The van der Waals surface area contributed by atoms with E-state index in [0.29, 0.717) is 6.54 Å². The Morgan fingerprint density at radius 1 is 1.33 bits per heavy atom. The first-order chi connectivity index (χ1) is 9.62. The molecule has 2 bridgehead atoms. The molecule has 0 aromatic carbocycles. The number of piperazine rings is 1. The van der Waals surface area contributed by atoms with Crippen LogP contribution in [-0.2, 0) is 14.2 Å². The van der Waals surface area contributed by atoms with Gasteiger partial charge in [0.1, 0.15) is 12.4 Å². The fraction of sp³-hybridized carbons (Fsp3) is 0.933. The van der Waals surface area contributed by atoms with Crippen LogP contribution >= 0.6 is 0 Å². The zero-order valence-corrected chi connectivity index (χ0v) is 14.0. The van der Waals surface area contributed by atoms with Gasteiger partial charge in [-0.1, -0.05) is 0 Å². The van der Waals surface area contributed by atoms with Crippen LogP contribution in [0.3, 0.4) is 0 Å². The van der Waals surface area contributed by atoms with Crippen molar-refractivity contribution < 1.29 is 19.0 Å². The molecule has 1 N–H and O–H groups in total. The number of fused-ring (bicyclic) bond motifs is 2. The molecule has 0 aliphatic carbocycles. The van der Waals surface area contributed by atoms with Crippen LogP contribution in [-0.4, -0.2) is 60.8 Å². The summed E-state index contributed by atoms with van der Waals surface area (Å²) < 4.78 is 16.5. The normalized spacial score (nSPS) is 35.9. The number of hydrogen-bond acceptors (Lipinski definition) is 5. The maximum Gasteiger partial charge on any atom is 0.411 e. The van der Waals surface area contributed by atoms with Crippen molar-refractivity contribution in [3.05, 3.63) is 0 Å². The van der Waals surface area contributed by atoms with Crippen LogP contribution in [0.15, 0.2) is 0 Å². The van der Waals surface area contributed by atoms with Crippen LogP contribution in [0.1, 0.15) is 41.0 Å². The monoisotopic (exact) mass is 300 g/mol. The highest BCUT2D eigenvalue weighted by atomic mass is 16.7. The number of methoxy groups -OCH3 is 1. The molecule has 3 atom stereocenters. The predicted octanol–water partition coefficient (Wildman–Crippen LogP) is 1.74. The summed E-state index contributed by atoms with van der Waals surface area (Å²) in [5.41, 5.74) is -1.22. The summed E-state index contributed by atoms with van der Waals surface area (Å²) in [6, 6.07) is 0. The number of amides is 1. The van der Waals surface area contributed by atoms with E-state index in [0.717, 1.165) is 13.0 Å². The SMILES string of the molecule is COCO[C@H]1C[C@]2(C)CNC[C@]1(C)N2C(=O)OC(C)(C)C. The van der Waals surface area contributed by atoms with E-state index in [-0.39, 0.29) is 24.5 Å². The summed E-state index contributed by atoms with van der Waals surface area (Å²) in [7, 11) is 1.61. The van der Waals surface area contributed by atoms with Crippen molar-refractivity contribution in [2.24, 2.45) is 0 Å². The van der Waals surface area contributed by atoms with Gasteiger partial charge in [0, 0.05) is 26.6 Å². The van der Waals surface area contributed by atoms with Crippen LogP contribution in [0.2, 0.25) is 0 Å². The van der Waals surface area contributed by atoms with Gasteiger partial charge in [0.2, 0.25) is 0 Å². The molecule has 0 saturated carbocycles. The summed E-state index contributed by atoms with van der Waals surface area (Å²) in [5.74, 6) is 0. The molecule has 21 heavy (non-hydrogen) atoms. The number of rotatable bonds is 3. The number of nitrogens with one attached hydrogen (secondary N) is 1. The average molecular weight is 300 g/mol. The van der Waals surface area contributed by atoms with E-state index in [9.17, 15) is 4.79 Å². The molecule has 2 aliphatic heterocycles. The quantitative estimate of drug-likeness (QED) is 0.805. The Morgan fingerprint density at radius 2 is 2.00 bits per heavy atom. The molecule has 122 valence electrons. The third-order valence-corrected chi connectivity index (χ3v) is 4.32. The lowest BCUT2D eigenvalue weighted by atomic mass is 9.95. The number of nitrogens with zero attached hydrogens (tertiary/aromatic N) is 1. The molecule has 6 nitrogen and oxygen atoms in total. The highest BCUT2D eigenvalue weighted by molar-refractivity contribution is 5.71. The molecule has 0 radical (unpaired) electrons. The van der Waals surface area contributed by atoms with E-state index < -0.39 is 11.1 Å². The lowest BCUT2D eigenvalue weighted by Gasteiger charge is -2.48. The molecule has 2 fully saturated rings. The van der Waals surface area contributed by atoms with Crippen molar-refractivity contribution in [1.29, 1.82) is 0 Å². The van der Waals surface area contributed by atoms with E-state index in [2.05, 4.69) is 19.2 Å².